The first-order valence-electron chi connectivity index (χ1n) is 2.56. The number of rotatable bonds is 0. The van der Waals surface area contributed by atoms with Gasteiger partial charge < -0.3 is 0 Å². The summed E-state index contributed by atoms with van der Waals surface area (Å²) < 4.78 is 0. The molecule has 1 rings (SSSR count). The average Bonchev–Trinajstić information content (AvgIpc) is 1.96. The van der Waals surface area contributed by atoms with E-state index in [1.54, 1.807) is 0 Å². The molecule has 1 heteroatoms. The van der Waals surface area contributed by atoms with Crippen molar-refractivity contribution in [3.8, 4) is 6.57 Å². The highest BCUT2D eigenvalue weighted by molar-refractivity contribution is 5.02. The van der Waals surface area contributed by atoms with E-state index in [9.17, 15) is 0 Å². The van der Waals surface area contributed by atoms with Gasteiger partial charge in [-0.05, 0) is 12.8 Å². The molecule has 0 fully saturated rings. The summed E-state index contributed by atoms with van der Waals surface area (Å²) in [6.07, 6.45) is 11.0. The van der Waals surface area contributed by atoms with Crippen LogP contribution < -0.4 is 0 Å². The van der Waals surface area contributed by atoms with Crippen molar-refractivity contribution in [2.75, 3.05) is 0 Å². The lowest BCUT2D eigenvalue weighted by atomic mass is 10.2. The molecule has 0 aliphatic heterocycles. The molecular formula is C7H9N. The first-order chi connectivity index (χ1) is 4.00. The minimum Gasteiger partial charge on any atom is -0.202 e. The van der Waals surface area contributed by atoms with Gasteiger partial charge in [0.25, 0.3) is 0 Å². The standard InChI is InChI=1S/C6H8.CHN/c1-2-4-6-5-3-1;1-2/h1-2,5-6H,3-4H2;1H. The Kier molecular flexibility index (Phi) is 5.20. The maximum Gasteiger partial charge on any atom is 0.0462 e. The molecule has 0 atom stereocenters. The Morgan fingerprint density at radius 3 is 1.25 bits per heavy atom. The highest BCUT2D eigenvalue weighted by Crippen LogP contribution is 1.97. The summed E-state index contributed by atoms with van der Waals surface area (Å²) in [5, 5.41) is 6.50. The predicted octanol–water partition coefficient (Wildman–Crippen LogP) is 2.03. The molecule has 0 N–H and O–H groups in total. The zero-order valence-electron chi connectivity index (χ0n) is 4.75. The zero-order chi connectivity index (χ0) is 6.24. The number of nitrogens with zero attached hydrogens (tertiary/aromatic N) is 1. The van der Waals surface area contributed by atoms with Crippen LogP contribution in [0.3, 0.4) is 0 Å². The van der Waals surface area contributed by atoms with Gasteiger partial charge in [0.2, 0.25) is 0 Å². The second-order valence-electron chi connectivity index (χ2n) is 1.41. The fraction of sp³-hybridized carbons (Fsp3) is 0.286. The fourth-order valence-electron chi connectivity index (χ4n) is 0.542. The maximum absolute atomic E-state index is 6.50. The second-order valence-corrected chi connectivity index (χ2v) is 1.41. The van der Waals surface area contributed by atoms with Crippen molar-refractivity contribution in [1.29, 1.82) is 5.26 Å². The number of hydrogen-bond acceptors (Lipinski definition) is 1. The summed E-state index contributed by atoms with van der Waals surface area (Å²) in [5.74, 6) is 0. The Labute approximate surface area is 49.9 Å². The Bertz CT molecular complexity index is 88.8. The summed E-state index contributed by atoms with van der Waals surface area (Å²) in [5.41, 5.74) is 0. The molecule has 0 unspecified atom stereocenters. The van der Waals surface area contributed by atoms with Gasteiger partial charge in [-0.25, -0.2) is 5.26 Å². The predicted molar refractivity (Wildman–Crippen MR) is 34.2 cm³/mol. The lowest BCUT2D eigenvalue weighted by molar-refractivity contribution is 1.23. The Morgan fingerprint density at radius 1 is 0.875 bits per heavy atom. The molecule has 42 valence electrons. The summed E-state index contributed by atoms with van der Waals surface area (Å²) in [7, 11) is 0. The van der Waals surface area contributed by atoms with Crippen LogP contribution in [0.25, 0.3) is 0 Å². The van der Waals surface area contributed by atoms with E-state index < -0.39 is 0 Å². The molecule has 0 radical (unpaired) electrons. The van der Waals surface area contributed by atoms with Crippen molar-refractivity contribution in [1.82, 2.24) is 0 Å². The van der Waals surface area contributed by atoms with Gasteiger partial charge in [-0.3, -0.25) is 0 Å². The zero-order valence-corrected chi connectivity index (χ0v) is 4.75. The summed E-state index contributed by atoms with van der Waals surface area (Å²) in [6.45, 7) is 3.50. The molecule has 1 aliphatic carbocycles. The maximum atomic E-state index is 6.50. The van der Waals surface area contributed by atoms with Crippen LogP contribution in [0.4, 0.5) is 0 Å². The van der Waals surface area contributed by atoms with Gasteiger partial charge >= 0.3 is 0 Å². The molecule has 0 spiro atoms. The molecule has 0 aromatic carbocycles. The second kappa shape index (κ2) is 5.97. The van der Waals surface area contributed by atoms with Gasteiger partial charge in [0, 0.05) is 6.57 Å². The van der Waals surface area contributed by atoms with E-state index in [1.807, 2.05) is 0 Å². The molecular weight excluding hydrogens is 98.1 g/mol. The van der Waals surface area contributed by atoms with E-state index in [2.05, 4.69) is 30.9 Å². The topological polar surface area (TPSA) is 23.8 Å². The normalized spacial score (nSPS) is 14.2. The largest absolute Gasteiger partial charge is 0.202 e. The van der Waals surface area contributed by atoms with Crippen LogP contribution in [-0.2, 0) is 0 Å². The van der Waals surface area contributed by atoms with E-state index >= 15 is 0 Å². The number of nitriles is 1. The highest BCUT2D eigenvalue weighted by Gasteiger charge is 1.76. The van der Waals surface area contributed by atoms with Crippen LogP contribution in [0.2, 0.25) is 0 Å². The van der Waals surface area contributed by atoms with Crippen molar-refractivity contribution >= 4 is 0 Å². The monoisotopic (exact) mass is 107 g/mol. The van der Waals surface area contributed by atoms with Crippen molar-refractivity contribution in [3.05, 3.63) is 24.3 Å². The SMILES string of the molecule is C#N.C1=CCC=CC1. The average molecular weight is 107 g/mol. The molecule has 0 saturated carbocycles. The highest BCUT2D eigenvalue weighted by atomic mass is 14.2. The molecule has 0 saturated heterocycles. The third-order valence-electron chi connectivity index (χ3n) is 0.878. The lowest BCUT2D eigenvalue weighted by Crippen LogP contribution is -1.66. The molecule has 0 amide bonds. The number of allylic oxidation sites excluding steroid dienone is 4. The van der Waals surface area contributed by atoms with Gasteiger partial charge in [0.15, 0.2) is 0 Å². The van der Waals surface area contributed by atoms with Crippen molar-refractivity contribution < 1.29 is 0 Å². The molecule has 0 bridgehead atoms. The van der Waals surface area contributed by atoms with E-state index in [-0.39, 0.29) is 0 Å². The minimum atomic E-state index is 1.14. The van der Waals surface area contributed by atoms with Gasteiger partial charge in [-0.1, -0.05) is 24.3 Å². The van der Waals surface area contributed by atoms with E-state index in [4.69, 9.17) is 5.26 Å². The van der Waals surface area contributed by atoms with Gasteiger partial charge in [-0.15, -0.1) is 0 Å². The van der Waals surface area contributed by atoms with Crippen LogP contribution in [0, 0.1) is 11.8 Å². The Balaban J connectivity index is 0.000000222. The number of hydrogen-bond donors (Lipinski definition) is 0. The Morgan fingerprint density at radius 2 is 1.12 bits per heavy atom. The molecule has 1 nitrogen and oxygen atoms in total. The molecule has 8 heavy (non-hydrogen) atoms. The molecule has 0 aromatic rings. The third-order valence-corrected chi connectivity index (χ3v) is 0.878. The van der Waals surface area contributed by atoms with Crippen LogP contribution in [0.5, 0.6) is 0 Å². The smallest absolute Gasteiger partial charge is 0.0462 e. The summed E-state index contributed by atoms with van der Waals surface area (Å²) in [6, 6.07) is 0. The summed E-state index contributed by atoms with van der Waals surface area (Å²) in [4.78, 5) is 0. The first-order valence-corrected chi connectivity index (χ1v) is 2.56. The van der Waals surface area contributed by atoms with Gasteiger partial charge in [0.05, 0.1) is 0 Å². The van der Waals surface area contributed by atoms with Gasteiger partial charge in [-0.2, -0.15) is 0 Å². The van der Waals surface area contributed by atoms with Crippen LogP contribution in [0.15, 0.2) is 24.3 Å². The minimum absolute atomic E-state index is 1.14. The molecule has 1 aliphatic rings. The van der Waals surface area contributed by atoms with Crippen LogP contribution in [0.1, 0.15) is 12.8 Å². The fourth-order valence-corrected chi connectivity index (χ4v) is 0.542. The first kappa shape index (κ1) is 6.97. The molecule has 0 aromatic heterocycles. The van der Waals surface area contributed by atoms with E-state index in [0.29, 0.717) is 0 Å². The van der Waals surface area contributed by atoms with Gasteiger partial charge in [0.1, 0.15) is 0 Å². The lowest BCUT2D eigenvalue weighted by Gasteiger charge is -1.87. The quantitative estimate of drug-likeness (QED) is 0.434. The van der Waals surface area contributed by atoms with Crippen molar-refractivity contribution in [2.24, 2.45) is 0 Å². The third kappa shape index (κ3) is 3.17. The van der Waals surface area contributed by atoms with E-state index in [0.717, 1.165) is 12.8 Å². The van der Waals surface area contributed by atoms with Crippen LogP contribution >= 0.6 is 0 Å². The Hall–Kier alpha value is -1.03. The molecule has 0 heterocycles. The summed E-state index contributed by atoms with van der Waals surface area (Å²) >= 11 is 0. The van der Waals surface area contributed by atoms with Crippen LogP contribution in [-0.4, -0.2) is 0 Å². The van der Waals surface area contributed by atoms with Crippen molar-refractivity contribution in [3.63, 3.8) is 0 Å². The van der Waals surface area contributed by atoms with E-state index in [1.165, 1.54) is 0 Å². The van der Waals surface area contributed by atoms with Crippen molar-refractivity contribution in [2.45, 2.75) is 12.8 Å².